The van der Waals surface area contributed by atoms with E-state index in [0.29, 0.717) is 0 Å². The molecule has 1 N–H and O–H groups in total. The fourth-order valence-corrected chi connectivity index (χ4v) is 1.40. The van der Waals surface area contributed by atoms with Crippen LogP contribution in [-0.2, 0) is 4.79 Å². The van der Waals surface area contributed by atoms with Gasteiger partial charge in [-0.15, -0.1) is 0 Å². The molecular formula is C11H5F9NOS. The van der Waals surface area contributed by atoms with E-state index in [1.54, 1.807) is 0 Å². The first-order chi connectivity index (χ1) is 10.1. The Morgan fingerprint density at radius 1 is 0.826 bits per heavy atom. The molecule has 2 nitrogen and oxygen atoms in total. The molecule has 1 amide bonds. The minimum atomic E-state index is -7.12. The molecule has 0 aromatic heterocycles. The van der Waals surface area contributed by atoms with Crippen molar-refractivity contribution in [3.05, 3.63) is 24.3 Å². The quantitative estimate of drug-likeness (QED) is 0.769. The maximum Gasteiger partial charge on any atom is 0.460 e. The summed E-state index contributed by atoms with van der Waals surface area (Å²) in [5, 5.41) is 1.12. The second kappa shape index (κ2) is 5.73. The van der Waals surface area contributed by atoms with Crippen LogP contribution < -0.4 is 5.32 Å². The molecule has 0 spiro atoms. The van der Waals surface area contributed by atoms with Crippen LogP contribution in [0.5, 0.6) is 0 Å². The highest BCUT2D eigenvalue weighted by atomic mass is 32.1. The largest absolute Gasteiger partial charge is 0.460 e. The predicted molar refractivity (Wildman–Crippen MR) is 61.8 cm³/mol. The Bertz CT molecular complexity index is 582. The molecule has 0 aliphatic carbocycles. The van der Waals surface area contributed by atoms with E-state index in [-0.39, 0.29) is 4.90 Å². The number of anilines is 1. The Labute approximate surface area is 128 Å². The fourth-order valence-electron chi connectivity index (χ4n) is 1.27. The maximum atomic E-state index is 13.2. The van der Waals surface area contributed by atoms with Gasteiger partial charge in [-0.05, 0) is 24.3 Å². The van der Waals surface area contributed by atoms with E-state index in [1.807, 2.05) is 0 Å². The highest BCUT2D eigenvalue weighted by molar-refractivity contribution is 7.80. The lowest BCUT2D eigenvalue weighted by Crippen LogP contribution is -2.64. The van der Waals surface area contributed by atoms with Gasteiger partial charge in [0.15, 0.2) is 0 Å². The molecule has 0 aliphatic rings. The van der Waals surface area contributed by atoms with Crippen molar-refractivity contribution in [2.75, 3.05) is 5.32 Å². The highest BCUT2D eigenvalue weighted by Gasteiger charge is 2.83. The van der Waals surface area contributed by atoms with Gasteiger partial charge in [-0.1, -0.05) is 12.6 Å². The first-order valence-corrected chi connectivity index (χ1v) is 5.84. The third kappa shape index (κ3) is 3.31. The zero-order valence-corrected chi connectivity index (χ0v) is 11.3. The van der Waals surface area contributed by atoms with Crippen molar-refractivity contribution in [3.63, 3.8) is 0 Å². The van der Waals surface area contributed by atoms with Gasteiger partial charge in [0.1, 0.15) is 0 Å². The monoisotopic (exact) mass is 370 g/mol. The molecule has 1 aromatic rings. The van der Waals surface area contributed by atoms with Gasteiger partial charge in [0.05, 0.1) is 0 Å². The van der Waals surface area contributed by atoms with Crippen molar-refractivity contribution < 1.29 is 44.3 Å². The van der Waals surface area contributed by atoms with Gasteiger partial charge in [0.25, 0.3) is 0 Å². The Hall–Kier alpha value is -1.72. The number of amides is 1. The molecule has 129 valence electrons. The Kier molecular flexibility index (Phi) is 4.81. The van der Waals surface area contributed by atoms with E-state index in [0.717, 1.165) is 29.6 Å². The molecule has 0 atom stereocenters. The molecule has 0 unspecified atom stereocenters. The number of benzene rings is 1. The number of hydrogen-bond acceptors (Lipinski definition) is 1. The molecule has 0 heterocycles. The summed E-state index contributed by atoms with van der Waals surface area (Å²) >= 11 is 4.60. The first-order valence-electron chi connectivity index (χ1n) is 5.43. The van der Waals surface area contributed by atoms with Crippen LogP contribution in [-0.4, -0.2) is 29.9 Å². The molecule has 12 heteroatoms. The minimum absolute atomic E-state index is 0.170. The lowest BCUT2D eigenvalue weighted by Gasteiger charge is -2.32. The van der Waals surface area contributed by atoms with Gasteiger partial charge < -0.3 is 5.32 Å². The molecule has 0 fully saturated rings. The van der Waals surface area contributed by atoms with Gasteiger partial charge in [-0.2, -0.15) is 39.5 Å². The molecular weight excluding hydrogens is 365 g/mol. The average molecular weight is 370 g/mol. The number of nitrogens with one attached hydrogen (secondary N) is 1. The lowest BCUT2D eigenvalue weighted by molar-refractivity contribution is -0.388. The van der Waals surface area contributed by atoms with Crippen LogP contribution in [0.3, 0.4) is 0 Å². The van der Waals surface area contributed by atoms with Crippen LogP contribution in [0, 0.1) is 0 Å². The van der Waals surface area contributed by atoms with Crippen LogP contribution in [0.2, 0.25) is 0 Å². The molecule has 23 heavy (non-hydrogen) atoms. The summed E-state index contributed by atoms with van der Waals surface area (Å²) in [6, 6.07) is 3.89. The van der Waals surface area contributed by atoms with E-state index in [4.69, 9.17) is 0 Å². The van der Waals surface area contributed by atoms with Gasteiger partial charge in [0, 0.05) is 10.6 Å². The summed E-state index contributed by atoms with van der Waals surface area (Å²) in [5.41, 5.74) is -0.547. The topological polar surface area (TPSA) is 29.1 Å². The lowest BCUT2D eigenvalue weighted by atomic mass is 10.0. The van der Waals surface area contributed by atoms with Crippen LogP contribution in [0.25, 0.3) is 0 Å². The first kappa shape index (κ1) is 19.3. The van der Waals surface area contributed by atoms with Crippen molar-refractivity contribution in [1.82, 2.24) is 0 Å². The number of halogens is 9. The predicted octanol–water partition coefficient (Wildman–Crippen LogP) is 4.65. The zero-order chi connectivity index (χ0) is 18.3. The number of rotatable bonds is 4. The van der Waals surface area contributed by atoms with Crippen molar-refractivity contribution in [3.8, 4) is 0 Å². The number of carbonyl (C=O) groups excluding carboxylic acids is 1. The summed E-state index contributed by atoms with van der Waals surface area (Å²) in [6.45, 7) is 0. The Morgan fingerprint density at radius 2 is 1.26 bits per heavy atom. The summed E-state index contributed by atoms with van der Waals surface area (Å²) in [4.78, 5) is 11.2. The molecule has 1 rings (SSSR count). The van der Waals surface area contributed by atoms with E-state index < -0.39 is 35.5 Å². The highest BCUT2D eigenvalue weighted by Crippen LogP contribution is 2.53. The number of carbonyl (C=O) groups is 1. The van der Waals surface area contributed by atoms with Crippen LogP contribution in [0.15, 0.2) is 29.2 Å². The SMILES string of the molecule is O=C(Nc1ccc([S])cc1)C(F)(F)C(F)(F)C(F)(F)C(F)(F)F. The summed E-state index contributed by atoms with van der Waals surface area (Å²) < 4.78 is 113. The fraction of sp³-hybridized carbons (Fsp3) is 0.364. The van der Waals surface area contributed by atoms with Crippen molar-refractivity contribution in [1.29, 1.82) is 0 Å². The Balaban J connectivity index is 3.13. The van der Waals surface area contributed by atoms with Crippen LogP contribution >= 0.6 is 12.6 Å². The Morgan fingerprint density at radius 3 is 1.65 bits per heavy atom. The van der Waals surface area contributed by atoms with E-state index in [2.05, 4.69) is 12.6 Å². The third-order valence-corrected chi connectivity index (χ3v) is 2.81. The minimum Gasteiger partial charge on any atom is -0.321 e. The van der Waals surface area contributed by atoms with E-state index >= 15 is 0 Å². The summed E-state index contributed by atoms with van der Waals surface area (Å²) in [6.07, 6.45) is -6.98. The summed E-state index contributed by atoms with van der Waals surface area (Å²) in [5.74, 6) is -23.5. The van der Waals surface area contributed by atoms with Gasteiger partial charge >= 0.3 is 29.9 Å². The average Bonchev–Trinajstić information content (AvgIpc) is 2.39. The van der Waals surface area contributed by atoms with Crippen molar-refractivity contribution in [2.24, 2.45) is 0 Å². The van der Waals surface area contributed by atoms with Gasteiger partial charge in [-0.25, -0.2) is 0 Å². The van der Waals surface area contributed by atoms with Crippen molar-refractivity contribution >= 4 is 24.2 Å². The third-order valence-electron chi connectivity index (χ3n) is 2.54. The second-order valence-corrected chi connectivity index (χ2v) is 4.67. The second-order valence-electron chi connectivity index (χ2n) is 4.20. The molecule has 0 aliphatic heterocycles. The number of hydrogen-bond donors (Lipinski definition) is 1. The molecule has 1 aromatic carbocycles. The normalized spacial score (nSPS) is 13.8. The number of alkyl halides is 9. The van der Waals surface area contributed by atoms with Crippen LogP contribution in [0.1, 0.15) is 0 Å². The van der Waals surface area contributed by atoms with E-state index in [9.17, 15) is 44.3 Å². The van der Waals surface area contributed by atoms with Crippen molar-refractivity contribution in [2.45, 2.75) is 28.8 Å². The van der Waals surface area contributed by atoms with Crippen LogP contribution in [0.4, 0.5) is 45.2 Å². The van der Waals surface area contributed by atoms with E-state index in [1.165, 1.54) is 0 Å². The zero-order valence-electron chi connectivity index (χ0n) is 10.5. The molecule has 0 bridgehead atoms. The standard InChI is InChI=1S/C11H5F9NOS/c12-8(13,9(14,15)10(16,17)11(18,19)20)7(22)21-5-1-3-6(23)4-2-5/h1-4H,(H,21,22). The molecule has 1 radical (unpaired) electrons. The van der Waals surface area contributed by atoms with Gasteiger partial charge in [-0.3, -0.25) is 4.79 Å². The molecule has 0 saturated carbocycles. The molecule has 0 saturated heterocycles. The smallest absolute Gasteiger partial charge is 0.321 e. The summed E-state index contributed by atoms with van der Waals surface area (Å²) in [7, 11) is 0. The van der Waals surface area contributed by atoms with Gasteiger partial charge in [0.2, 0.25) is 0 Å². The maximum absolute atomic E-state index is 13.2.